The summed E-state index contributed by atoms with van der Waals surface area (Å²) in [5, 5.41) is 8.63. The second-order valence-corrected chi connectivity index (χ2v) is 3.47. The fraction of sp³-hybridized carbons (Fsp3) is 0.400. The number of carboxylic acid groups (broad SMARTS) is 1. The molecule has 0 atom stereocenters. The summed E-state index contributed by atoms with van der Waals surface area (Å²) in [5.41, 5.74) is -0.253. The number of hydrogen-bond acceptors (Lipinski definition) is 3. The van der Waals surface area contributed by atoms with Crippen LogP contribution in [0.25, 0.3) is 0 Å². The maximum absolute atomic E-state index is 12.7. The van der Waals surface area contributed by atoms with Gasteiger partial charge in [0.1, 0.15) is 5.69 Å². The highest BCUT2D eigenvalue weighted by Gasteiger charge is 2.20. The molecule has 0 fully saturated rings. The average molecular weight is 266 g/mol. The molecule has 94 valence electrons. The van der Waals surface area contributed by atoms with E-state index >= 15 is 0 Å². The van der Waals surface area contributed by atoms with Crippen LogP contribution in [0.5, 0.6) is 5.88 Å². The summed E-state index contributed by atoms with van der Waals surface area (Å²) in [4.78, 5) is 14.2. The Balaban J connectivity index is 3.29. The first-order chi connectivity index (χ1) is 7.99. The van der Waals surface area contributed by atoms with Gasteiger partial charge in [-0.3, -0.25) is 4.79 Å². The number of carboxylic acids is 1. The van der Waals surface area contributed by atoms with Crippen LogP contribution in [0, 0.1) is 0 Å². The standard InChI is InChI=1S/C10H10ClF2NO3/c1-17-10-6(4-11)2-5(3-7(15)16)8(14-10)9(12)13/h2,9H,3-4H2,1H3,(H,15,16). The molecule has 0 aliphatic heterocycles. The largest absolute Gasteiger partial charge is 0.481 e. The van der Waals surface area contributed by atoms with Gasteiger partial charge in [0, 0.05) is 5.56 Å². The second kappa shape index (κ2) is 5.77. The molecule has 1 aromatic heterocycles. The smallest absolute Gasteiger partial charge is 0.307 e. The molecule has 0 bridgehead atoms. The third kappa shape index (κ3) is 3.26. The van der Waals surface area contributed by atoms with E-state index in [-0.39, 0.29) is 17.3 Å². The molecule has 0 saturated heterocycles. The van der Waals surface area contributed by atoms with Crippen LogP contribution in [0.3, 0.4) is 0 Å². The van der Waals surface area contributed by atoms with Crippen LogP contribution < -0.4 is 4.74 Å². The second-order valence-electron chi connectivity index (χ2n) is 3.21. The Morgan fingerprint density at radius 3 is 2.65 bits per heavy atom. The highest BCUT2D eigenvalue weighted by molar-refractivity contribution is 6.17. The molecule has 0 saturated carbocycles. The molecule has 7 heteroatoms. The summed E-state index contributed by atoms with van der Waals surface area (Å²) in [6, 6.07) is 1.29. The minimum atomic E-state index is -2.86. The van der Waals surface area contributed by atoms with Gasteiger partial charge in [-0.15, -0.1) is 11.6 Å². The predicted octanol–water partition coefficient (Wildman–Crippen LogP) is 2.39. The van der Waals surface area contributed by atoms with E-state index < -0.39 is 24.5 Å². The normalized spacial score (nSPS) is 10.6. The lowest BCUT2D eigenvalue weighted by Crippen LogP contribution is -2.08. The first-order valence-electron chi connectivity index (χ1n) is 4.62. The molecule has 4 nitrogen and oxygen atoms in total. The van der Waals surface area contributed by atoms with E-state index in [1.165, 1.54) is 13.2 Å². The molecule has 1 aromatic rings. The van der Waals surface area contributed by atoms with Crippen LogP contribution in [0.4, 0.5) is 8.78 Å². The number of rotatable bonds is 5. The number of aromatic nitrogens is 1. The van der Waals surface area contributed by atoms with Crippen LogP contribution in [-0.2, 0) is 17.1 Å². The minimum Gasteiger partial charge on any atom is -0.481 e. The number of alkyl halides is 3. The van der Waals surface area contributed by atoms with Gasteiger partial charge in [0.2, 0.25) is 5.88 Å². The van der Waals surface area contributed by atoms with Gasteiger partial charge in [-0.25, -0.2) is 13.8 Å². The van der Waals surface area contributed by atoms with Crippen molar-refractivity contribution < 1.29 is 23.4 Å². The van der Waals surface area contributed by atoms with Gasteiger partial charge in [0.05, 0.1) is 19.4 Å². The predicted molar refractivity (Wildman–Crippen MR) is 56.6 cm³/mol. The highest BCUT2D eigenvalue weighted by atomic mass is 35.5. The number of carbonyl (C=O) groups is 1. The molecule has 1 N–H and O–H groups in total. The molecule has 0 aliphatic rings. The van der Waals surface area contributed by atoms with Gasteiger partial charge in [-0.05, 0) is 11.6 Å². The molecule has 1 heterocycles. The zero-order valence-electron chi connectivity index (χ0n) is 8.91. The molecule has 0 unspecified atom stereocenters. The maximum atomic E-state index is 12.7. The average Bonchev–Trinajstić information content (AvgIpc) is 2.27. The summed E-state index contributed by atoms with van der Waals surface area (Å²) in [7, 11) is 1.28. The summed E-state index contributed by atoms with van der Waals surface area (Å²) in [5.74, 6) is -1.21. The van der Waals surface area contributed by atoms with Crippen molar-refractivity contribution in [2.24, 2.45) is 0 Å². The quantitative estimate of drug-likeness (QED) is 0.831. The van der Waals surface area contributed by atoms with Crippen LogP contribution >= 0.6 is 11.6 Å². The van der Waals surface area contributed by atoms with E-state index in [4.69, 9.17) is 21.4 Å². The molecule has 0 spiro atoms. The van der Waals surface area contributed by atoms with Crippen LogP contribution in [0.15, 0.2) is 6.07 Å². The van der Waals surface area contributed by atoms with Crippen LogP contribution in [-0.4, -0.2) is 23.2 Å². The topological polar surface area (TPSA) is 59.4 Å². The van der Waals surface area contributed by atoms with Crippen molar-refractivity contribution in [1.29, 1.82) is 0 Å². The van der Waals surface area contributed by atoms with Crippen molar-refractivity contribution >= 4 is 17.6 Å². The Labute approximate surface area is 101 Å². The lowest BCUT2D eigenvalue weighted by atomic mass is 10.1. The lowest BCUT2D eigenvalue weighted by Gasteiger charge is -2.11. The van der Waals surface area contributed by atoms with E-state index in [0.717, 1.165) is 0 Å². The summed E-state index contributed by atoms with van der Waals surface area (Å²) in [6.07, 6.45) is -3.39. The number of hydrogen-bond donors (Lipinski definition) is 1. The van der Waals surface area contributed by atoms with Gasteiger partial charge < -0.3 is 9.84 Å². The van der Waals surface area contributed by atoms with E-state index in [9.17, 15) is 13.6 Å². The molecule has 0 radical (unpaired) electrons. The van der Waals surface area contributed by atoms with E-state index in [0.29, 0.717) is 5.56 Å². The number of ether oxygens (including phenoxy) is 1. The summed E-state index contributed by atoms with van der Waals surface area (Å²) in [6.45, 7) is 0. The van der Waals surface area contributed by atoms with Gasteiger partial charge in [-0.2, -0.15) is 0 Å². The van der Waals surface area contributed by atoms with Crippen LogP contribution in [0.1, 0.15) is 23.2 Å². The number of pyridine rings is 1. The Hall–Kier alpha value is -1.43. The zero-order valence-corrected chi connectivity index (χ0v) is 9.67. The Morgan fingerprint density at radius 2 is 2.24 bits per heavy atom. The van der Waals surface area contributed by atoms with Crippen molar-refractivity contribution in [1.82, 2.24) is 4.98 Å². The third-order valence-corrected chi connectivity index (χ3v) is 2.35. The van der Waals surface area contributed by atoms with E-state index in [1.807, 2.05) is 0 Å². The van der Waals surface area contributed by atoms with Gasteiger partial charge in [-0.1, -0.05) is 0 Å². The maximum Gasteiger partial charge on any atom is 0.307 e. The van der Waals surface area contributed by atoms with E-state index in [2.05, 4.69) is 4.98 Å². The van der Waals surface area contributed by atoms with Crippen molar-refractivity contribution in [3.05, 3.63) is 22.9 Å². The summed E-state index contributed by atoms with van der Waals surface area (Å²) < 4.78 is 30.2. The SMILES string of the molecule is COc1nc(C(F)F)c(CC(=O)O)cc1CCl. The molecule has 0 amide bonds. The monoisotopic (exact) mass is 265 g/mol. The third-order valence-electron chi connectivity index (χ3n) is 2.06. The summed E-state index contributed by atoms with van der Waals surface area (Å²) >= 11 is 5.60. The Bertz CT molecular complexity index is 426. The lowest BCUT2D eigenvalue weighted by molar-refractivity contribution is -0.136. The van der Waals surface area contributed by atoms with Gasteiger partial charge in [0.15, 0.2) is 0 Å². The first-order valence-corrected chi connectivity index (χ1v) is 5.15. The highest BCUT2D eigenvalue weighted by Crippen LogP contribution is 2.28. The fourth-order valence-electron chi connectivity index (χ4n) is 1.36. The molecule has 1 rings (SSSR count). The first kappa shape index (κ1) is 13.6. The Morgan fingerprint density at radius 1 is 1.59 bits per heavy atom. The fourth-order valence-corrected chi connectivity index (χ4v) is 1.56. The minimum absolute atomic E-state index is 0.00626. The molecule has 0 aliphatic carbocycles. The molecule has 0 aromatic carbocycles. The number of nitrogens with zero attached hydrogens (tertiary/aromatic N) is 1. The van der Waals surface area contributed by atoms with Gasteiger partial charge >= 0.3 is 5.97 Å². The number of methoxy groups -OCH3 is 1. The number of aliphatic carboxylic acids is 1. The van der Waals surface area contributed by atoms with E-state index in [1.54, 1.807) is 0 Å². The van der Waals surface area contributed by atoms with Crippen LogP contribution in [0.2, 0.25) is 0 Å². The zero-order chi connectivity index (χ0) is 13.0. The van der Waals surface area contributed by atoms with Crippen molar-refractivity contribution in [3.8, 4) is 5.88 Å². The number of halogens is 3. The van der Waals surface area contributed by atoms with Crippen molar-refractivity contribution in [3.63, 3.8) is 0 Å². The molecular weight excluding hydrogens is 256 g/mol. The Kier molecular flexibility index (Phi) is 4.62. The molecule has 17 heavy (non-hydrogen) atoms. The van der Waals surface area contributed by atoms with Crippen molar-refractivity contribution in [2.75, 3.05) is 7.11 Å². The van der Waals surface area contributed by atoms with Crippen molar-refractivity contribution in [2.45, 2.75) is 18.7 Å². The van der Waals surface area contributed by atoms with Gasteiger partial charge in [0.25, 0.3) is 6.43 Å². The molecular formula is C10H10ClF2NO3.